The van der Waals surface area contributed by atoms with E-state index < -0.39 is 29.0 Å². The second kappa shape index (κ2) is 9.73. The van der Waals surface area contributed by atoms with Crippen molar-refractivity contribution in [2.75, 3.05) is 6.61 Å². The highest BCUT2D eigenvalue weighted by atomic mass is 16.6. The van der Waals surface area contributed by atoms with Gasteiger partial charge in [-0.1, -0.05) is 19.1 Å². The van der Waals surface area contributed by atoms with E-state index in [4.69, 9.17) is 13.9 Å². The number of nitro benzene ring substituents is 1. The van der Waals surface area contributed by atoms with E-state index in [0.717, 1.165) is 0 Å². The number of ether oxygens (including phenoxy) is 2. The van der Waals surface area contributed by atoms with Gasteiger partial charge in [0, 0.05) is 23.6 Å². The molecule has 2 aromatic carbocycles. The number of carbonyl (C=O) groups is 2. The minimum absolute atomic E-state index is 0.0674. The summed E-state index contributed by atoms with van der Waals surface area (Å²) < 4.78 is 15.6. The number of nitrogens with one attached hydrogen (secondary N) is 1. The molecule has 0 fully saturated rings. The maximum atomic E-state index is 12.2. The average Bonchev–Trinajstić information content (AvgIpc) is 2.77. The minimum Gasteiger partial charge on any atom is -0.475 e. The third kappa shape index (κ3) is 5.28. The largest absolute Gasteiger partial charge is 0.475 e. The van der Waals surface area contributed by atoms with Crippen LogP contribution in [0.4, 0.5) is 5.69 Å². The molecule has 10 heteroatoms. The van der Waals surface area contributed by atoms with Crippen molar-refractivity contribution in [3.63, 3.8) is 0 Å². The van der Waals surface area contributed by atoms with Crippen molar-refractivity contribution < 1.29 is 28.4 Å². The summed E-state index contributed by atoms with van der Waals surface area (Å²) in [5.74, 6) is -1.33. The van der Waals surface area contributed by atoms with Gasteiger partial charge in [-0.3, -0.25) is 14.9 Å². The number of hydrogen-bond donors (Lipinski definition) is 1. The normalized spacial score (nSPS) is 11.6. The van der Waals surface area contributed by atoms with E-state index in [1.54, 1.807) is 0 Å². The minimum atomic E-state index is -0.818. The second-order valence-corrected chi connectivity index (χ2v) is 6.92. The maximum absolute atomic E-state index is 12.2. The number of rotatable bonds is 8. The van der Waals surface area contributed by atoms with Gasteiger partial charge in [0.15, 0.2) is 12.4 Å². The van der Waals surface area contributed by atoms with Crippen molar-refractivity contribution in [1.82, 2.24) is 5.32 Å². The van der Waals surface area contributed by atoms with E-state index in [0.29, 0.717) is 11.8 Å². The molecule has 0 bridgehead atoms. The SMILES string of the molecule is CCC(C)NC(=O)c1cc2ccc(OC(=O)COc3ccccc3[N+](=O)[O-])cc2oc1=O. The van der Waals surface area contributed by atoms with Crippen molar-refractivity contribution in [2.45, 2.75) is 26.3 Å². The fourth-order valence-electron chi connectivity index (χ4n) is 2.74. The lowest BCUT2D eigenvalue weighted by atomic mass is 10.1. The summed E-state index contributed by atoms with van der Waals surface area (Å²) in [5, 5.41) is 14.2. The van der Waals surface area contributed by atoms with Crippen LogP contribution < -0.4 is 20.4 Å². The Morgan fingerprint density at radius 1 is 1.19 bits per heavy atom. The molecule has 10 nitrogen and oxygen atoms in total. The Labute approximate surface area is 181 Å². The lowest BCUT2D eigenvalue weighted by molar-refractivity contribution is -0.385. The Balaban J connectivity index is 1.71. The third-order valence-electron chi connectivity index (χ3n) is 4.58. The van der Waals surface area contributed by atoms with Crippen LogP contribution in [0.25, 0.3) is 11.0 Å². The van der Waals surface area contributed by atoms with Gasteiger partial charge in [0.25, 0.3) is 5.91 Å². The van der Waals surface area contributed by atoms with Crippen LogP contribution >= 0.6 is 0 Å². The molecule has 0 spiro atoms. The molecule has 3 aromatic rings. The van der Waals surface area contributed by atoms with Gasteiger partial charge in [0.1, 0.15) is 16.9 Å². The molecule has 1 heterocycles. The standard InChI is InChI=1S/C22H20N2O8/c1-3-13(2)23-21(26)16-10-14-8-9-15(11-19(14)32-22(16)27)31-20(25)12-30-18-7-5-4-6-17(18)24(28)29/h4-11,13H,3,12H2,1-2H3,(H,23,26). The smallest absolute Gasteiger partial charge is 0.349 e. The summed E-state index contributed by atoms with van der Waals surface area (Å²) in [6.07, 6.45) is 0.709. The van der Waals surface area contributed by atoms with Crippen LogP contribution in [0.5, 0.6) is 11.5 Å². The monoisotopic (exact) mass is 440 g/mol. The zero-order valence-electron chi connectivity index (χ0n) is 17.3. The average molecular weight is 440 g/mol. The number of nitrogens with zero attached hydrogens (tertiary/aromatic N) is 1. The van der Waals surface area contributed by atoms with Crippen molar-refractivity contribution in [3.05, 3.63) is 74.6 Å². The fourth-order valence-corrected chi connectivity index (χ4v) is 2.74. The van der Waals surface area contributed by atoms with Gasteiger partial charge >= 0.3 is 17.3 Å². The molecule has 1 N–H and O–H groups in total. The first-order valence-electron chi connectivity index (χ1n) is 9.74. The van der Waals surface area contributed by atoms with Crippen LogP contribution in [-0.4, -0.2) is 29.4 Å². The van der Waals surface area contributed by atoms with Gasteiger partial charge in [0.05, 0.1) is 4.92 Å². The van der Waals surface area contributed by atoms with Gasteiger partial charge < -0.3 is 19.2 Å². The quantitative estimate of drug-likeness (QED) is 0.185. The molecule has 32 heavy (non-hydrogen) atoms. The molecule has 0 aliphatic rings. The van der Waals surface area contributed by atoms with E-state index in [9.17, 15) is 24.5 Å². The molecule has 1 aromatic heterocycles. The Kier molecular flexibility index (Phi) is 6.83. The summed E-state index contributed by atoms with van der Waals surface area (Å²) in [4.78, 5) is 46.9. The molecule has 1 atom stereocenters. The first kappa shape index (κ1) is 22.5. The number of amides is 1. The van der Waals surface area contributed by atoms with E-state index >= 15 is 0 Å². The van der Waals surface area contributed by atoms with Crippen molar-refractivity contribution in [3.8, 4) is 11.5 Å². The van der Waals surface area contributed by atoms with Gasteiger partial charge in [-0.05, 0) is 37.6 Å². The molecule has 0 saturated heterocycles. The van der Waals surface area contributed by atoms with Crippen LogP contribution in [0, 0.1) is 10.1 Å². The van der Waals surface area contributed by atoms with Gasteiger partial charge in [0.2, 0.25) is 0 Å². The predicted octanol–water partition coefficient (Wildman–Crippen LogP) is 3.21. The maximum Gasteiger partial charge on any atom is 0.349 e. The Morgan fingerprint density at radius 2 is 1.94 bits per heavy atom. The molecular weight excluding hydrogens is 420 g/mol. The number of para-hydroxylation sites is 2. The third-order valence-corrected chi connectivity index (χ3v) is 4.58. The van der Waals surface area contributed by atoms with Crippen LogP contribution in [0.15, 0.2) is 57.7 Å². The molecule has 3 rings (SSSR count). The summed E-state index contributed by atoms with van der Waals surface area (Å²) in [7, 11) is 0. The number of hydrogen-bond acceptors (Lipinski definition) is 8. The van der Waals surface area contributed by atoms with Crippen molar-refractivity contribution in [1.29, 1.82) is 0 Å². The van der Waals surface area contributed by atoms with Crippen LogP contribution in [0.1, 0.15) is 30.6 Å². The first-order valence-corrected chi connectivity index (χ1v) is 9.74. The molecule has 1 amide bonds. The van der Waals surface area contributed by atoms with E-state index in [1.165, 1.54) is 48.5 Å². The lowest BCUT2D eigenvalue weighted by Gasteiger charge is -2.11. The van der Waals surface area contributed by atoms with Gasteiger partial charge in [-0.25, -0.2) is 9.59 Å². The van der Waals surface area contributed by atoms with E-state index in [1.807, 2.05) is 13.8 Å². The summed E-state index contributed by atoms with van der Waals surface area (Å²) >= 11 is 0. The van der Waals surface area contributed by atoms with Crippen molar-refractivity contribution >= 4 is 28.5 Å². The number of esters is 1. The molecule has 0 aliphatic carbocycles. The highest BCUT2D eigenvalue weighted by Gasteiger charge is 2.17. The molecular formula is C22H20N2O8. The summed E-state index contributed by atoms with van der Waals surface area (Å²) in [6, 6.07) is 11.3. The first-order chi connectivity index (χ1) is 15.3. The van der Waals surface area contributed by atoms with E-state index in [-0.39, 0.29) is 34.4 Å². The Hall–Kier alpha value is -4.21. The number of fused-ring (bicyclic) bond motifs is 1. The fraction of sp³-hybridized carbons (Fsp3) is 0.227. The summed E-state index contributed by atoms with van der Waals surface area (Å²) in [5.41, 5.74) is -1.09. The van der Waals surface area contributed by atoms with Crippen LogP contribution in [0.3, 0.4) is 0 Å². The van der Waals surface area contributed by atoms with Crippen LogP contribution in [-0.2, 0) is 4.79 Å². The highest BCUT2D eigenvalue weighted by molar-refractivity contribution is 5.97. The Bertz CT molecular complexity index is 1230. The van der Waals surface area contributed by atoms with Gasteiger partial charge in [-0.15, -0.1) is 0 Å². The molecule has 0 radical (unpaired) electrons. The van der Waals surface area contributed by atoms with Gasteiger partial charge in [-0.2, -0.15) is 0 Å². The lowest BCUT2D eigenvalue weighted by Crippen LogP contribution is -2.34. The number of carbonyl (C=O) groups excluding carboxylic acids is 2. The second-order valence-electron chi connectivity index (χ2n) is 6.92. The molecule has 1 unspecified atom stereocenters. The zero-order valence-corrected chi connectivity index (χ0v) is 17.3. The predicted molar refractivity (Wildman–Crippen MR) is 114 cm³/mol. The van der Waals surface area contributed by atoms with Crippen molar-refractivity contribution in [2.24, 2.45) is 0 Å². The molecule has 166 valence electrons. The molecule has 0 aliphatic heterocycles. The topological polar surface area (TPSA) is 138 Å². The number of benzene rings is 2. The summed E-state index contributed by atoms with van der Waals surface area (Å²) in [6.45, 7) is 3.16. The zero-order chi connectivity index (χ0) is 23.3. The Morgan fingerprint density at radius 3 is 2.66 bits per heavy atom. The van der Waals surface area contributed by atoms with Crippen LogP contribution in [0.2, 0.25) is 0 Å². The molecule has 0 saturated carbocycles. The number of nitro groups is 1. The van der Waals surface area contributed by atoms with E-state index in [2.05, 4.69) is 5.32 Å². The highest BCUT2D eigenvalue weighted by Crippen LogP contribution is 2.26.